The van der Waals surface area contributed by atoms with Crippen LogP contribution in [-0.2, 0) is 14.8 Å². The predicted octanol–water partition coefficient (Wildman–Crippen LogP) is 2.82. The van der Waals surface area contributed by atoms with Crippen molar-refractivity contribution in [3.05, 3.63) is 71.6 Å². The molecule has 0 fully saturated rings. The molecule has 9 nitrogen and oxygen atoms in total. The molecule has 0 saturated heterocycles. The summed E-state index contributed by atoms with van der Waals surface area (Å²) in [6.07, 6.45) is 0. The van der Waals surface area contributed by atoms with Gasteiger partial charge in [0.05, 0.1) is 0 Å². The predicted molar refractivity (Wildman–Crippen MR) is 112 cm³/mol. The molecule has 1 amide bonds. The van der Waals surface area contributed by atoms with Crippen molar-refractivity contribution in [3.63, 3.8) is 0 Å². The van der Waals surface area contributed by atoms with E-state index in [-0.39, 0.29) is 28.0 Å². The van der Waals surface area contributed by atoms with Crippen molar-refractivity contribution in [3.8, 4) is 5.75 Å². The first-order valence-corrected chi connectivity index (χ1v) is 10.8. The fourth-order valence-corrected chi connectivity index (χ4v) is 4.32. The van der Waals surface area contributed by atoms with Crippen LogP contribution in [0.1, 0.15) is 28.7 Å². The molecule has 3 aromatic rings. The molecule has 0 aliphatic heterocycles. The standard InChI is InChI=1S/C21H21N3O6S/c1-13-19(15(3)30-23-13)31(27,28)24-14(2)21(26)29-18-11-9-17(10-12-18)22-20(25)16-7-5-4-6-8-16/h4-12,14,24H,1-3H3,(H,22,25)/t14-/m0/s1. The Morgan fingerprint density at radius 2 is 1.68 bits per heavy atom. The lowest BCUT2D eigenvalue weighted by molar-refractivity contribution is -0.135. The average Bonchev–Trinajstić information content (AvgIpc) is 3.08. The van der Waals surface area contributed by atoms with Crippen molar-refractivity contribution in [2.24, 2.45) is 0 Å². The van der Waals surface area contributed by atoms with Crippen LogP contribution in [0, 0.1) is 13.8 Å². The Hall–Kier alpha value is -3.50. The number of hydrogen-bond donors (Lipinski definition) is 2. The largest absolute Gasteiger partial charge is 0.425 e. The summed E-state index contributed by atoms with van der Waals surface area (Å²) in [6.45, 7) is 4.33. The maximum Gasteiger partial charge on any atom is 0.329 e. The Bertz CT molecular complexity index is 1170. The number of ether oxygens (including phenoxy) is 1. The van der Waals surface area contributed by atoms with E-state index < -0.39 is 22.0 Å². The summed E-state index contributed by atoms with van der Waals surface area (Å²) in [6, 6.07) is 13.7. The molecule has 3 rings (SSSR count). The molecular weight excluding hydrogens is 422 g/mol. The second-order valence-corrected chi connectivity index (χ2v) is 8.41. The van der Waals surface area contributed by atoms with E-state index in [0.717, 1.165) is 0 Å². The van der Waals surface area contributed by atoms with E-state index in [2.05, 4.69) is 15.2 Å². The lowest BCUT2D eigenvalue weighted by Crippen LogP contribution is -2.41. The lowest BCUT2D eigenvalue weighted by Gasteiger charge is -2.13. The Kier molecular flexibility index (Phi) is 6.52. The summed E-state index contributed by atoms with van der Waals surface area (Å²) in [4.78, 5) is 24.4. The zero-order chi connectivity index (χ0) is 22.6. The summed E-state index contributed by atoms with van der Waals surface area (Å²) >= 11 is 0. The van der Waals surface area contributed by atoms with Gasteiger partial charge < -0.3 is 14.6 Å². The second kappa shape index (κ2) is 9.11. The van der Waals surface area contributed by atoms with E-state index in [1.807, 2.05) is 6.07 Å². The molecule has 2 N–H and O–H groups in total. The van der Waals surface area contributed by atoms with E-state index in [1.165, 1.54) is 32.9 Å². The van der Waals surface area contributed by atoms with Crippen LogP contribution in [0.2, 0.25) is 0 Å². The van der Waals surface area contributed by atoms with Gasteiger partial charge in [0.2, 0.25) is 10.0 Å². The Balaban J connectivity index is 1.60. The molecule has 0 aliphatic rings. The molecule has 1 aromatic heterocycles. The number of nitrogens with zero attached hydrogens (tertiary/aromatic N) is 1. The van der Waals surface area contributed by atoms with Gasteiger partial charge in [0, 0.05) is 11.3 Å². The van der Waals surface area contributed by atoms with Gasteiger partial charge in [0.1, 0.15) is 22.4 Å². The Morgan fingerprint density at radius 3 is 2.26 bits per heavy atom. The van der Waals surface area contributed by atoms with Crippen LogP contribution < -0.4 is 14.8 Å². The summed E-state index contributed by atoms with van der Waals surface area (Å²) in [5.74, 6) is -0.742. The molecule has 10 heteroatoms. The summed E-state index contributed by atoms with van der Waals surface area (Å²) < 4.78 is 37.4. The minimum Gasteiger partial charge on any atom is -0.425 e. The fraction of sp³-hybridized carbons (Fsp3) is 0.190. The van der Waals surface area contributed by atoms with Crippen molar-refractivity contribution in [1.29, 1.82) is 0 Å². The topological polar surface area (TPSA) is 128 Å². The van der Waals surface area contributed by atoms with Gasteiger partial charge in [-0.05, 0) is 57.2 Å². The maximum atomic E-state index is 12.5. The quantitative estimate of drug-likeness (QED) is 0.424. The third kappa shape index (κ3) is 5.36. The van der Waals surface area contributed by atoms with Gasteiger partial charge in [-0.25, -0.2) is 13.2 Å². The molecule has 0 unspecified atom stereocenters. The number of nitrogens with one attached hydrogen (secondary N) is 2. The van der Waals surface area contributed by atoms with Crippen molar-refractivity contribution >= 4 is 27.6 Å². The van der Waals surface area contributed by atoms with Gasteiger partial charge in [0.25, 0.3) is 5.91 Å². The van der Waals surface area contributed by atoms with Gasteiger partial charge in [-0.1, -0.05) is 23.4 Å². The molecular formula is C21H21N3O6S. The van der Waals surface area contributed by atoms with E-state index in [0.29, 0.717) is 11.3 Å². The van der Waals surface area contributed by atoms with E-state index in [4.69, 9.17) is 9.26 Å². The van der Waals surface area contributed by atoms with Gasteiger partial charge in [-0.3, -0.25) is 4.79 Å². The van der Waals surface area contributed by atoms with E-state index >= 15 is 0 Å². The Morgan fingerprint density at radius 1 is 1.03 bits per heavy atom. The van der Waals surface area contributed by atoms with Crippen molar-refractivity contribution < 1.29 is 27.3 Å². The first-order valence-electron chi connectivity index (χ1n) is 9.31. The zero-order valence-corrected chi connectivity index (χ0v) is 17.9. The number of rotatable bonds is 7. The molecule has 0 bridgehead atoms. The monoisotopic (exact) mass is 443 g/mol. The third-order valence-electron chi connectivity index (χ3n) is 4.29. The van der Waals surface area contributed by atoms with Crippen molar-refractivity contribution in [2.75, 3.05) is 5.32 Å². The molecule has 0 radical (unpaired) electrons. The highest BCUT2D eigenvalue weighted by Gasteiger charge is 2.29. The van der Waals surface area contributed by atoms with Gasteiger partial charge in [0.15, 0.2) is 5.76 Å². The SMILES string of the molecule is Cc1noc(C)c1S(=O)(=O)N[C@@H](C)C(=O)Oc1ccc(NC(=O)c2ccccc2)cc1. The van der Waals surface area contributed by atoms with Crippen LogP contribution in [0.15, 0.2) is 64.0 Å². The molecule has 1 atom stereocenters. The number of aromatic nitrogens is 1. The first kappa shape index (κ1) is 22.2. The van der Waals surface area contributed by atoms with Crippen LogP contribution in [0.4, 0.5) is 5.69 Å². The molecule has 1 heterocycles. The van der Waals surface area contributed by atoms with Crippen LogP contribution in [0.25, 0.3) is 0 Å². The fourth-order valence-electron chi connectivity index (χ4n) is 2.80. The van der Waals surface area contributed by atoms with Crippen LogP contribution in [0.5, 0.6) is 5.75 Å². The van der Waals surface area contributed by atoms with Crippen LogP contribution in [-0.4, -0.2) is 31.5 Å². The molecule has 2 aromatic carbocycles. The van der Waals surface area contributed by atoms with Crippen molar-refractivity contribution in [2.45, 2.75) is 31.7 Å². The molecule has 0 spiro atoms. The minimum atomic E-state index is -4.02. The van der Waals surface area contributed by atoms with Crippen molar-refractivity contribution in [1.82, 2.24) is 9.88 Å². The Labute approximate surface area is 179 Å². The normalized spacial score (nSPS) is 12.2. The van der Waals surface area contributed by atoms with Gasteiger partial charge >= 0.3 is 5.97 Å². The molecule has 0 saturated carbocycles. The van der Waals surface area contributed by atoms with E-state index in [9.17, 15) is 18.0 Å². The zero-order valence-electron chi connectivity index (χ0n) is 17.1. The smallest absolute Gasteiger partial charge is 0.329 e. The van der Waals surface area contributed by atoms with Gasteiger partial charge in [-0.15, -0.1) is 0 Å². The highest BCUT2D eigenvalue weighted by Crippen LogP contribution is 2.20. The number of carbonyl (C=O) groups is 2. The number of carbonyl (C=O) groups excluding carboxylic acids is 2. The maximum absolute atomic E-state index is 12.5. The van der Waals surface area contributed by atoms with Crippen LogP contribution >= 0.6 is 0 Å². The summed E-state index contributed by atoms with van der Waals surface area (Å²) in [5, 5.41) is 6.34. The van der Waals surface area contributed by atoms with E-state index in [1.54, 1.807) is 36.4 Å². The molecule has 31 heavy (non-hydrogen) atoms. The number of benzene rings is 2. The third-order valence-corrected chi connectivity index (χ3v) is 6.07. The highest BCUT2D eigenvalue weighted by molar-refractivity contribution is 7.89. The number of esters is 1. The summed E-state index contributed by atoms with van der Waals surface area (Å²) in [5.41, 5.74) is 1.22. The lowest BCUT2D eigenvalue weighted by atomic mass is 10.2. The first-order chi connectivity index (χ1) is 14.7. The number of amides is 1. The highest BCUT2D eigenvalue weighted by atomic mass is 32.2. The molecule has 0 aliphatic carbocycles. The molecule has 162 valence electrons. The minimum absolute atomic E-state index is 0.106. The number of sulfonamides is 1. The average molecular weight is 443 g/mol. The van der Waals surface area contributed by atoms with Gasteiger partial charge in [-0.2, -0.15) is 4.72 Å². The number of anilines is 1. The second-order valence-electron chi connectivity index (χ2n) is 6.76. The number of aryl methyl sites for hydroxylation is 2. The summed E-state index contributed by atoms with van der Waals surface area (Å²) in [7, 11) is -4.02. The number of hydrogen-bond acceptors (Lipinski definition) is 7. The van der Waals surface area contributed by atoms with Crippen LogP contribution in [0.3, 0.4) is 0 Å².